The molecule has 0 aromatic rings. The summed E-state index contributed by atoms with van der Waals surface area (Å²) in [5.41, 5.74) is 0. The summed E-state index contributed by atoms with van der Waals surface area (Å²) in [6.45, 7) is -0.323. The Labute approximate surface area is 57.8 Å². The minimum atomic E-state index is -1.23. The van der Waals surface area contributed by atoms with Crippen LogP contribution in [0.3, 0.4) is 0 Å². The van der Waals surface area contributed by atoms with Gasteiger partial charge in [-0.15, -0.1) is 0 Å². The third-order valence-electron chi connectivity index (χ3n) is 1.25. The van der Waals surface area contributed by atoms with Crippen LogP contribution in [0, 0.1) is 0 Å². The van der Waals surface area contributed by atoms with Crippen LogP contribution < -0.4 is 0 Å². The first-order chi connectivity index (χ1) is 4.74. The van der Waals surface area contributed by atoms with Crippen LogP contribution in [-0.4, -0.2) is 47.2 Å². The van der Waals surface area contributed by atoms with Crippen molar-refractivity contribution in [2.75, 3.05) is 13.2 Å². The monoisotopic (exact) mass is 150 g/mol. The van der Waals surface area contributed by atoms with E-state index in [9.17, 15) is 0 Å². The SMILES string of the molecule is OCC1OCC(O)O[C@@H]1O. The molecule has 0 aromatic heterocycles. The fourth-order valence-electron chi connectivity index (χ4n) is 0.719. The van der Waals surface area contributed by atoms with Crippen LogP contribution in [0.15, 0.2) is 0 Å². The van der Waals surface area contributed by atoms with Gasteiger partial charge in [0.25, 0.3) is 0 Å². The molecule has 0 aromatic carbocycles. The molecule has 2 unspecified atom stereocenters. The zero-order chi connectivity index (χ0) is 7.56. The van der Waals surface area contributed by atoms with Crippen LogP contribution in [0.2, 0.25) is 0 Å². The lowest BCUT2D eigenvalue weighted by atomic mass is 10.3. The van der Waals surface area contributed by atoms with Crippen LogP contribution in [0.4, 0.5) is 0 Å². The Balaban J connectivity index is 2.36. The maximum absolute atomic E-state index is 8.87. The first kappa shape index (κ1) is 7.90. The summed E-state index contributed by atoms with van der Waals surface area (Å²) in [5, 5.41) is 26.1. The Kier molecular flexibility index (Phi) is 2.58. The molecule has 10 heavy (non-hydrogen) atoms. The molecule has 0 amide bonds. The van der Waals surface area contributed by atoms with Crippen molar-refractivity contribution < 1.29 is 24.8 Å². The van der Waals surface area contributed by atoms with Crippen molar-refractivity contribution in [2.45, 2.75) is 18.7 Å². The summed E-state index contributed by atoms with van der Waals surface area (Å²) in [6.07, 6.45) is -3.05. The van der Waals surface area contributed by atoms with Gasteiger partial charge in [-0.2, -0.15) is 0 Å². The fourth-order valence-corrected chi connectivity index (χ4v) is 0.719. The van der Waals surface area contributed by atoms with Crippen molar-refractivity contribution in [3.05, 3.63) is 0 Å². The molecule has 1 fully saturated rings. The van der Waals surface area contributed by atoms with Gasteiger partial charge in [0.15, 0.2) is 12.6 Å². The van der Waals surface area contributed by atoms with Gasteiger partial charge in [0.2, 0.25) is 0 Å². The number of aliphatic hydroxyl groups is 3. The van der Waals surface area contributed by atoms with Crippen molar-refractivity contribution in [2.24, 2.45) is 0 Å². The number of hydrogen-bond donors (Lipinski definition) is 3. The highest BCUT2D eigenvalue weighted by Gasteiger charge is 2.28. The molecule has 5 heteroatoms. The van der Waals surface area contributed by atoms with Crippen molar-refractivity contribution in [3.8, 4) is 0 Å². The van der Waals surface area contributed by atoms with Crippen molar-refractivity contribution in [3.63, 3.8) is 0 Å². The van der Waals surface area contributed by atoms with Crippen LogP contribution in [-0.2, 0) is 9.47 Å². The van der Waals surface area contributed by atoms with E-state index in [4.69, 9.17) is 20.1 Å². The summed E-state index contributed by atoms with van der Waals surface area (Å²) in [6, 6.07) is 0. The van der Waals surface area contributed by atoms with E-state index in [1.807, 2.05) is 0 Å². The molecule has 0 radical (unpaired) electrons. The molecular formula is C5H10O5. The van der Waals surface area contributed by atoms with Crippen LogP contribution in [0.5, 0.6) is 0 Å². The quantitative estimate of drug-likeness (QED) is 0.404. The van der Waals surface area contributed by atoms with Crippen molar-refractivity contribution >= 4 is 0 Å². The summed E-state index contributed by atoms with van der Waals surface area (Å²) in [7, 11) is 0. The van der Waals surface area contributed by atoms with Gasteiger partial charge in [-0.3, -0.25) is 0 Å². The summed E-state index contributed by atoms with van der Waals surface area (Å²) < 4.78 is 9.29. The molecular weight excluding hydrogens is 140 g/mol. The predicted octanol–water partition coefficient (Wildman–Crippen LogP) is -1.97. The lowest BCUT2D eigenvalue weighted by Gasteiger charge is -2.29. The Hall–Kier alpha value is -0.200. The first-order valence-electron chi connectivity index (χ1n) is 2.98. The maximum Gasteiger partial charge on any atom is 0.186 e. The fraction of sp³-hybridized carbons (Fsp3) is 1.00. The van der Waals surface area contributed by atoms with Gasteiger partial charge >= 0.3 is 0 Å². The Morgan fingerprint density at radius 2 is 2.10 bits per heavy atom. The molecule has 1 aliphatic rings. The second-order valence-electron chi connectivity index (χ2n) is 2.04. The van der Waals surface area contributed by atoms with Crippen molar-refractivity contribution in [1.29, 1.82) is 0 Å². The highest BCUT2D eigenvalue weighted by Crippen LogP contribution is 2.10. The van der Waals surface area contributed by atoms with Crippen molar-refractivity contribution in [1.82, 2.24) is 0 Å². The average Bonchev–Trinajstić information content (AvgIpc) is 1.88. The molecule has 0 bridgehead atoms. The number of ether oxygens (including phenoxy) is 2. The molecule has 0 aliphatic carbocycles. The standard InChI is InChI=1S/C5H10O5/c6-1-3-5(8)10-4(7)2-9-3/h3-8H,1-2H2/t3?,4?,5-/m0/s1. The molecule has 1 saturated heterocycles. The maximum atomic E-state index is 8.87. The van der Waals surface area contributed by atoms with E-state index in [1.54, 1.807) is 0 Å². The Morgan fingerprint density at radius 1 is 1.40 bits per heavy atom. The minimum Gasteiger partial charge on any atom is -0.393 e. The topological polar surface area (TPSA) is 79.2 Å². The lowest BCUT2D eigenvalue weighted by molar-refractivity contribution is -0.311. The summed E-state index contributed by atoms with van der Waals surface area (Å²) in [5.74, 6) is 0. The van der Waals surface area contributed by atoms with Gasteiger partial charge in [-0.1, -0.05) is 0 Å². The Morgan fingerprint density at radius 3 is 2.60 bits per heavy atom. The predicted molar refractivity (Wildman–Crippen MR) is 29.9 cm³/mol. The zero-order valence-corrected chi connectivity index (χ0v) is 5.30. The third-order valence-corrected chi connectivity index (χ3v) is 1.25. The Bertz CT molecular complexity index is 106. The smallest absolute Gasteiger partial charge is 0.186 e. The first-order valence-corrected chi connectivity index (χ1v) is 2.98. The number of hydrogen-bond acceptors (Lipinski definition) is 5. The van der Waals surface area contributed by atoms with E-state index in [1.165, 1.54) is 0 Å². The molecule has 0 spiro atoms. The molecule has 0 saturated carbocycles. The van der Waals surface area contributed by atoms with Gasteiger partial charge < -0.3 is 24.8 Å². The van der Waals surface area contributed by atoms with Gasteiger partial charge in [-0.25, -0.2) is 0 Å². The van der Waals surface area contributed by atoms with E-state index in [2.05, 4.69) is 4.74 Å². The third kappa shape index (κ3) is 1.65. The second-order valence-corrected chi connectivity index (χ2v) is 2.04. The van der Waals surface area contributed by atoms with Crippen LogP contribution >= 0.6 is 0 Å². The normalized spacial score (nSPS) is 41.7. The number of rotatable bonds is 1. The highest BCUT2D eigenvalue weighted by atomic mass is 16.7. The highest BCUT2D eigenvalue weighted by molar-refractivity contribution is 4.64. The molecule has 1 rings (SSSR count). The van der Waals surface area contributed by atoms with Gasteiger partial charge in [0, 0.05) is 0 Å². The van der Waals surface area contributed by atoms with Crippen LogP contribution in [0.1, 0.15) is 0 Å². The lowest BCUT2D eigenvalue weighted by Crippen LogP contribution is -2.45. The van der Waals surface area contributed by atoms with Gasteiger partial charge in [-0.05, 0) is 0 Å². The van der Waals surface area contributed by atoms with E-state index >= 15 is 0 Å². The van der Waals surface area contributed by atoms with E-state index < -0.39 is 18.7 Å². The molecule has 3 N–H and O–H groups in total. The van der Waals surface area contributed by atoms with Crippen LogP contribution in [0.25, 0.3) is 0 Å². The zero-order valence-electron chi connectivity index (χ0n) is 5.30. The number of aliphatic hydroxyl groups excluding tert-OH is 3. The molecule has 3 atom stereocenters. The summed E-state index contributed by atoms with van der Waals surface area (Å²) >= 11 is 0. The molecule has 5 nitrogen and oxygen atoms in total. The van der Waals surface area contributed by atoms with Gasteiger partial charge in [0.05, 0.1) is 13.2 Å². The molecule has 1 heterocycles. The summed E-state index contributed by atoms with van der Waals surface area (Å²) in [4.78, 5) is 0. The largest absolute Gasteiger partial charge is 0.393 e. The van der Waals surface area contributed by atoms with E-state index in [0.717, 1.165) is 0 Å². The molecule has 60 valence electrons. The molecule has 1 aliphatic heterocycles. The van der Waals surface area contributed by atoms with Gasteiger partial charge in [0.1, 0.15) is 6.10 Å². The van der Waals surface area contributed by atoms with E-state index in [0.29, 0.717) is 0 Å². The van der Waals surface area contributed by atoms with E-state index in [-0.39, 0.29) is 13.2 Å². The second kappa shape index (κ2) is 3.27. The average molecular weight is 150 g/mol. The minimum absolute atomic E-state index is 0.0116.